The Bertz CT molecular complexity index is 983. The monoisotopic (exact) mass is 427 g/mol. The molecule has 0 radical (unpaired) electrons. The highest BCUT2D eigenvalue weighted by Gasteiger charge is 2.30. The molecular formula is C21H21N3O5S. The van der Waals surface area contributed by atoms with Gasteiger partial charge >= 0.3 is 6.09 Å². The van der Waals surface area contributed by atoms with Crippen LogP contribution in [0.3, 0.4) is 0 Å². The van der Waals surface area contributed by atoms with Gasteiger partial charge in [0.1, 0.15) is 22.9 Å². The summed E-state index contributed by atoms with van der Waals surface area (Å²) in [5, 5.41) is 12.9. The zero-order chi connectivity index (χ0) is 20.9. The van der Waals surface area contributed by atoms with Gasteiger partial charge in [-0.3, -0.25) is 4.79 Å². The predicted octanol–water partition coefficient (Wildman–Crippen LogP) is 3.19. The lowest BCUT2D eigenvalue weighted by molar-refractivity contribution is -0.111. The van der Waals surface area contributed by atoms with Gasteiger partial charge in [0.25, 0.3) is 0 Å². The molecule has 1 N–H and O–H groups in total. The topological polar surface area (TPSA) is 105 Å². The molecule has 1 saturated heterocycles. The van der Waals surface area contributed by atoms with Crippen LogP contribution in [0.25, 0.3) is 6.08 Å². The van der Waals surface area contributed by atoms with Crippen molar-refractivity contribution >= 4 is 34.4 Å². The van der Waals surface area contributed by atoms with Crippen LogP contribution >= 0.6 is 11.3 Å². The number of nitriles is 1. The van der Waals surface area contributed by atoms with Crippen molar-refractivity contribution in [3.8, 4) is 6.07 Å². The third-order valence-electron chi connectivity index (χ3n) is 5.05. The Balaban J connectivity index is 1.41. The van der Waals surface area contributed by atoms with Crippen LogP contribution in [0.1, 0.15) is 28.2 Å². The normalized spacial score (nSPS) is 18.6. The minimum Gasteiger partial charge on any atom is -0.465 e. The number of morpholine rings is 1. The Morgan fingerprint density at radius 2 is 2.20 bits per heavy atom. The second-order valence-electron chi connectivity index (χ2n) is 7.01. The summed E-state index contributed by atoms with van der Waals surface area (Å²) in [7, 11) is 0. The van der Waals surface area contributed by atoms with E-state index in [2.05, 4.69) is 11.4 Å². The van der Waals surface area contributed by atoms with E-state index >= 15 is 0 Å². The maximum absolute atomic E-state index is 12.3. The van der Waals surface area contributed by atoms with Gasteiger partial charge in [-0.15, -0.1) is 11.3 Å². The van der Waals surface area contributed by atoms with Gasteiger partial charge in [-0.2, -0.15) is 5.26 Å². The van der Waals surface area contributed by atoms with E-state index < -0.39 is 0 Å². The molecule has 0 bridgehead atoms. The van der Waals surface area contributed by atoms with Crippen LogP contribution in [-0.4, -0.2) is 49.3 Å². The molecule has 30 heavy (non-hydrogen) atoms. The lowest BCUT2D eigenvalue weighted by Gasteiger charge is -2.29. The fraction of sp³-hybridized carbons (Fsp3) is 0.381. The summed E-state index contributed by atoms with van der Waals surface area (Å²) >= 11 is 1.37. The highest BCUT2D eigenvalue weighted by atomic mass is 32.1. The van der Waals surface area contributed by atoms with Gasteiger partial charge in [0, 0.05) is 30.5 Å². The minimum absolute atomic E-state index is 0.236. The van der Waals surface area contributed by atoms with E-state index in [0.717, 1.165) is 10.4 Å². The van der Waals surface area contributed by atoms with Crippen LogP contribution in [0.4, 0.5) is 9.80 Å². The number of hydrogen-bond donors (Lipinski definition) is 1. The highest BCUT2D eigenvalue weighted by molar-refractivity contribution is 7.16. The number of fused-ring (bicyclic) bond motifs is 1. The molecule has 0 saturated carbocycles. The molecule has 9 heteroatoms. The van der Waals surface area contributed by atoms with Crippen molar-refractivity contribution in [1.29, 1.82) is 5.26 Å². The molecule has 4 rings (SSSR count). The second-order valence-corrected chi connectivity index (χ2v) is 8.11. The number of thiophene rings is 1. The van der Waals surface area contributed by atoms with Gasteiger partial charge in [0.05, 0.1) is 25.0 Å². The van der Waals surface area contributed by atoms with Gasteiger partial charge in [0.2, 0.25) is 5.91 Å². The van der Waals surface area contributed by atoms with E-state index in [-0.39, 0.29) is 18.1 Å². The second kappa shape index (κ2) is 9.15. The quantitative estimate of drug-likeness (QED) is 0.752. The number of nitrogens with one attached hydrogen (secondary N) is 1. The Morgan fingerprint density at radius 3 is 2.93 bits per heavy atom. The number of rotatable bonds is 4. The average molecular weight is 427 g/mol. The Labute approximate surface area is 177 Å². The van der Waals surface area contributed by atoms with Crippen molar-refractivity contribution in [2.75, 3.05) is 31.6 Å². The molecule has 1 unspecified atom stereocenters. The van der Waals surface area contributed by atoms with E-state index in [1.165, 1.54) is 23.7 Å². The standard InChI is InChI=1S/C21H21N3O5S/c22-13-17-16-5-3-15(29-21(26)24-7-10-27-11-8-24)12-18(16)30-20(17)23-19(25)6-4-14-2-1-9-28-14/h1-2,4,6,9,15H,3,5,7-8,10-12H2,(H,23,25)/b6-4+. The highest BCUT2D eigenvalue weighted by Crippen LogP contribution is 2.38. The van der Waals surface area contributed by atoms with Crippen LogP contribution in [0.2, 0.25) is 0 Å². The summed E-state index contributed by atoms with van der Waals surface area (Å²) in [5.74, 6) is 0.234. The summed E-state index contributed by atoms with van der Waals surface area (Å²) in [4.78, 5) is 27.2. The molecule has 8 nitrogen and oxygen atoms in total. The first-order valence-electron chi connectivity index (χ1n) is 9.74. The molecule has 2 aromatic rings. The van der Waals surface area contributed by atoms with E-state index in [9.17, 15) is 14.9 Å². The molecule has 2 amide bonds. The molecule has 1 fully saturated rings. The van der Waals surface area contributed by atoms with Crippen molar-refractivity contribution in [3.63, 3.8) is 0 Å². The van der Waals surface area contributed by atoms with Gasteiger partial charge in [-0.1, -0.05) is 0 Å². The van der Waals surface area contributed by atoms with Crippen molar-refractivity contribution in [1.82, 2.24) is 4.90 Å². The molecule has 0 spiro atoms. The summed E-state index contributed by atoms with van der Waals surface area (Å²) in [6, 6.07) is 5.69. The van der Waals surface area contributed by atoms with Crippen molar-refractivity contribution in [2.45, 2.75) is 25.4 Å². The fourth-order valence-electron chi connectivity index (χ4n) is 3.52. The summed E-state index contributed by atoms with van der Waals surface area (Å²) in [6.07, 6.45) is 5.74. The third kappa shape index (κ3) is 4.56. The first kappa shape index (κ1) is 20.2. The van der Waals surface area contributed by atoms with Gasteiger partial charge in [-0.05, 0) is 36.6 Å². The Hall–Kier alpha value is -3.09. The number of carbonyl (C=O) groups excluding carboxylic acids is 2. The molecule has 1 atom stereocenters. The van der Waals surface area contributed by atoms with E-state index in [1.807, 2.05) is 0 Å². The van der Waals surface area contributed by atoms with E-state index in [0.29, 0.717) is 61.9 Å². The Kier molecular flexibility index (Phi) is 6.16. The number of hydrogen-bond acceptors (Lipinski definition) is 7. The molecule has 2 aromatic heterocycles. The van der Waals surface area contributed by atoms with Crippen molar-refractivity contribution in [2.24, 2.45) is 0 Å². The summed E-state index contributed by atoms with van der Waals surface area (Å²) in [5.41, 5.74) is 1.43. The maximum atomic E-state index is 12.3. The maximum Gasteiger partial charge on any atom is 0.410 e. The molecular weight excluding hydrogens is 406 g/mol. The number of nitrogens with zero attached hydrogens (tertiary/aromatic N) is 2. The molecule has 0 aromatic carbocycles. The SMILES string of the molecule is N#Cc1c(NC(=O)/C=C/c2ccco2)sc2c1CCC(OC(=O)N1CCOCC1)C2. The fourth-order valence-corrected chi connectivity index (χ4v) is 4.79. The number of furan rings is 1. The molecule has 156 valence electrons. The molecule has 3 heterocycles. The summed E-state index contributed by atoms with van der Waals surface area (Å²) in [6.45, 7) is 2.13. The molecule has 2 aliphatic rings. The van der Waals surface area contributed by atoms with Gasteiger partial charge < -0.3 is 24.1 Å². The molecule has 1 aliphatic carbocycles. The first-order chi connectivity index (χ1) is 14.6. The zero-order valence-electron chi connectivity index (χ0n) is 16.3. The lowest BCUT2D eigenvalue weighted by Crippen LogP contribution is -2.42. The smallest absolute Gasteiger partial charge is 0.410 e. The van der Waals surface area contributed by atoms with Gasteiger partial charge in [-0.25, -0.2) is 4.79 Å². The van der Waals surface area contributed by atoms with Crippen LogP contribution in [0.15, 0.2) is 28.9 Å². The minimum atomic E-state index is -0.336. The average Bonchev–Trinajstić information content (AvgIpc) is 3.39. The van der Waals surface area contributed by atoms with E-state index in [4.69, 9.17) is 13.9 Å². The zero-order valence-corrected chi connectivity index (χ0v) is 17.1. The number of amides is 2. The summed E-state index contributed by atoms with van der Waals surface area (Å²) < 4.78 is 16.1. The third-order valence-corrected chi connectivity index (χ3v) is 6.22. The van der Waals surface area contributed by atoms with E-state index in [1.54, 1.807) is 23.1 Å². The van der Waals surface area contributed by atoms with Crippen molar-refractivity contribution in [3.05, 3.63) is 46.2 Å². The Morgan fingerprint density at radius 1 is 1.37 bits per heavy atom. The van der Waals surface area contributed by atoms with Crippen LogP contribution in [-0.2, 0) is 27.1 Å². The first-order valence-corrected chi connectivity index (χ1v) is 10.6. The van der Waals surface area contributed by atoms with Crippen LogP contribution < -0.4 is 5.32 Å². The lowest BCUT2D eigenvalue weighted by atomic mass is 9.94. The number of carbonyl (C=O) groups is 2. The molecule has 1 aliphatic heterocycles. The number of ether oxygens (including phenoxy) is 2. The van der Waals surface area contributed by atoms with Crippen LogP contribution in [0, 0.1) is 11.3 Å². The van der Waals surface area contributed by atoms with Crippen LogP contribution in [0.5, 0.6) is 0 Å². The predicted molar refractivity (Wildman–Crippen MR) is 110 cm³/mol. The largest absolute Gasteiger partial charge is 0.465 e. The number of anilines is 1. The van der Waals surface area contributed by atoms with Gasteiger partial charge in [0.15, 0.2) is 0 Å². The van der Waals surface area contributed by atoms with Crippen molar-refractivity contribution < 1.29 is 23.5 Å².